The minimum atomic E-state index is -0.760. The van der Waals surface area contributed by atoms with Gasteiger partial charge in [0.15, 0.2) is 6.10 Å². The van der Waals surface area contributed by atoms with Crippen molar-refractivity contribution in [2.45, 2.75) is 329 Å². The molecule has 0 radical (unpaired) electrons. The Morgan fingerprint density at radius 2 is 0.435 bits per heavy atom. The van der Waals surface area contributed by atoms with Gasteiger partial charge in [0.2, 0.25) is 0 Å². The zero-order chi connectivity index (χ0) is 45.1. The van der Waals surface area contributed by atoms with Crippen molar-refractivity contribution in [3.63, 3.8) is 0 Å². The molecule has 1 unspecified atom stereocenters. The molecule has 0 heterocycles. The number of rotatable bonds is 52. The van der Waals surface area contributed by atoms with Crippen molar-refractivity contribution in [2.24, 2.45) is 0 Å². The predicted octanol–water partition coefficient (Wildman–Crippen LogP) is 18.4. The lowest BCUT2D eigenvalue weighted by atomic mass is 10.0. The van der Waals surface area contributed by atoms with Gasteiger partial charge in [-0.15, -0.1) is 0 Å². The van der Waals surface area contributed by atoms with E-state index in [0.717, 1.165) is 57.8 Å². The Morgan fingerprint density at radius 3 is 0.645 bits per heavy atom. The van der Waals surface area contributed by atoms with Crippen molar-refractivity contribution in [1.29, 1.82) is 0 Å². The Balaban J connectivity index is 4.26. The van der Waals surface area contributed by atoms with Crippen LogP contribution >= 0.6 is 0 Å². The van der Waals surface area contributed by atoms with Gasteiger partial charge in [0.25, 0.3) is 0 Å². The van der Waals surface area contributed by atoms with Crippen molar-refractivity contribution in [3.05, 3.63) is 0 Å². The number of unbranched alkanes of at least 4 members (excludes halogenated alkanes) is 41. The minimum absolute atomic E-state index is 0.0613. The van der Waals surface area contributed by atoms with E-state index in [1.165, 1.54) is 225 Å². The Labute approximate surface area is 387 Å². The number of carbonyl (C=O) groups excluding carboxylic acids is 3. The average Bonchev–Trinajstić information content (AvgIpc) is 3.27. The standard InChI is InChI=1S/C56H108O6/c1-4-7-10-13-16-19-22-25-27-28-29-30-32-34-37-40-43-46-49-55(58)61-52-53(51-60-54(57)48-45-42-39-36-33-24-21-18-15-12-9-6-3)62-56(59)50-47-44-41-38-35-31-26-23-20-17-14-11-8-5-2/h53H,4-52H2,1-3H3. The second-order valence-electron chi connectivity index (χ2n) is 19.2. The van der Waals surface area contributed by atoms with E-state index in [9.17, 15) is 14.4 Å². The lowest BCUT2D eigenvalue weighted by Gasteiger charge is -2.18. The fourth-order valence-electron chi connectivity index (χ4n) is 8.62. The van der Waals surface area contributed by atoms with Gasteiger partial charge in [-0.1, -0.05) is 284 Å². The van der Waals surface area contributed by atoms with Gasteiger partial charge in [-0.25, -0.2) is 0 Å². The second-order valence-corrected chi connectivity index (χ2v) is 19.2. The molecule has 6 heteroatoms. The SMILES string of the molecule is CCCCCCCCCCCCCCCCCCCCC(=O)OCC(COC(=O)CCCCCCCCCCCCCC)OC(=O)CCCCCCCCCCCCCCCC. The van der Waals surface area contributed by atoms with Crippen molar-refractivity contribution in [1.82, 2.24) is 0 Å². The van der Waals surface area contributed by atoms with E-state index in [4.69, 9.17) is 14.2 Å². The van der Waals surface area contributed by atoms with Crippen LogP contribution in [0.15, 0.2) is 0 Å². The van der Waals surface area contributed by atoms with Gasteiger partial charge in [0, 0.05) is 19.3 Å². The molecule has 0 aromatic carbocycles. The van der Waals surface area contributed by atoms with E-state index in [2.05, 4.69) is 20.8 Å². The zero-order valence-electron chi connectivity index (χ0n) is 42.2. The molecular weight excluding hydrogens is 769 g/mol. The normalized spacial score (nSPS) is 11.9. The van der Waals surface area contributed by atoms with Gasteiger partial charge in [0.05, 0.1) is 0 Å². The van der Waals surface area contributed by atoms with Crippen LogP contribution in [0.1, 0.15) is 323 Å². The largest absolute Gasteiger partial charge is 0.462 e. The third kappa shape index (κ3) is 49.4. The molecule has 0 aromatic rings. The first kappa shape index (κ1) is 60.4. The number of hydrogen-bond donors (Lipinski definition) is 0. The van der Waals surface area contributed by atoms with Crippen molar-refractivity contribution >= 4 is 17.9 Å². The van der Waals surface area contributed by atoms with E-state index < -0.39 is 6.10 Å². The molecule has 0 amide bonds. The van der Waals surface area contributed by atoms with E-state index in [1.54, 1.807) is 0 Å². The van der Waals surface area contributed by atoms with Crippen LogP contribution in [0.2, 0.25) is 0 Å². The minimum Gasteiger partial charge on any atom is -0.462 e. The molecule has 0 fully saturated rings. The molecule has 6 nitrogen and oxygen atoms in total. The molecule has 368 valence electrons. The highest BCUT2D eigenvalue weighted by Crippen LogP contribution is 2.17. The molecule has 0 N–H and O–H groups in total. The summed E-state index contributed by atoms with van der Waals surface area (Å²) < 4.78 is 16.9. The van der Waals surface area contributed by atoms with Gasteiger partial charge < -0.3 is 14.2 Å². The summed E-state index contributed by atoms with van der Waals surface area (Å²) in [5, 5.41) is 0. The van der Waals surface area contributed by atoms with Gasteiger partial charge in [-0.05, 0) is 19.3 Å². The third-order valence-corrected chi connectivity index (χ3v) is 12.9. The fourth-order valence-corrected chi connectivity index (χ4v) is 8.62. The van der Waals surface area contributed by atoms with Gasteiger partial charge >= 0.3 is 17.9 Å². The average molecular weight is 877 g/mol. The maximum absolute atomic E-state index is 12.8. The Bertz CT molecular complexity index is 920. The highest BCUT2D eigenvalue weighted by Gasteiger charge is 2.19. The maximum Gasteiger partial charge on any atom is 0.306 e. The molecule has 0 aromatic heterocycles. The summed E-state index contributed by atoms with van der Waals surface area (Å²) in [4.78, 5) is 38.0. The van der Waals surface area contributed by atoms with E-state index >= 15 is 0 Å². The number of carbonyl (C=O) groups is 3. The first-order valence-corrected chi connectivity index (χ1v) is 28.0. The summed E-state index contributed by atoms with van der Waals surface area (Å²) >= 11 is 0. The first-order chi connectivity index (χ1) is 30.5. The first-order valence-electron chi connectivity index (χ1n) is 28.0. The molecule has 62 heavy (non-hydrogen) atoms. The monoisotopic (exact) mass is 877 g/mol. The van der Waals surface area contributed by atoms with Crippen molar-refractivity contribution < 1.29 is 28.6 Å². The van der Waals surface area contributed by atoms with E-state index in [0.29, 0.717) is 19.3 Å². The molecule has 0 aliphatic carbocycles. The number of esters is 3. The maximum atomic E-state index is 12.8. The molecule has 0 saturated heterocycles. The van der Waals surface area contributed by atoms with Crippen LogP contribution in [0.25, 0.3) is 0 Å². The number of hydrogen-bond acceptors (Lipinski definition) is 6. The van der Waals surface area contributed by atoms with Crippen LogP contribution < -0.4 is 0 Å². The summed E-state index contributed by atoms with van der Waals surface area (Å²) in [6, 6.07) is 0. The molecule has 0 spiro atoms. The molecule has 0 aliphatic heterocycles. The highest BCUT2D eigenvalue weighted by molar-refractivity contribution is 5.71. The van der Waals surface area contributed by atoms with Crippen molar-refractivity contribution in [3.8, 4) is 0 Å². The molecule has 0 bridgehead atoms. The van der Waals surface area contributed by atoms with E-state index in [-0.39, 0.29) is 31.1 Å². The van der Waals surface area contributed by atoms with Crippen molar-refractivity contribution in [2.75, 3.05) is 13.2 Å². The summed E-state index contributed by atoms with van der Waals surface area (Å²) in [6.45, 7) is 6.70. The fraction of sp³-hybridized carbons (Fsp3) is 0.946. The smallest absolute Gasteiger partial charge is 0.306 e. The summed E-state index contributed by atoms with van der Waals surface area (Å²) in [5.74, 6) is -0.835. The Kier molecular flexibility index (Phi) is 50.7. The van der Waals surface area contributed by atoms with Gasteiger partial charge in [0.1, 0.15) is 13.2 Å². The number of ether oxygens (including phenoxy) is 3. The molecule has 0 saturated carbocycles. The molecule has 0 aliphatic rings. The van der Waals surface area contributed by atoms with Crippen LogP contribution in [0.4, 0.5) is 0 Å². The molecule has 1 atom stereocenters. The lowest BCUT2D eigenvalue weighted by molar-refractivity contribution is -0.167. The molecule has 0 rings (SSSR count). The van der Waals surface area contributed by atoms with Crippen LogP contribution in [0.5, 0.6) is 0 Å². The Hall–Kier alpha value is -1.59. The zero-order valence-corrected chi connectivity index (χ0v) is 42.2. The summed E-state index contributed by atoms with van der Waals surface area (Å²) in [7, 11) is 0. The lowest BCUT2D eigenvalue weighted by Crippen LogP contribution is -2.30. The quantitative estimate of drug-likeness (QED) is 0.0344. The predicted molar refractivity (Wildman–Crippen MR) is 266 cm³/mol. The summed E-state index contributed by atoms with van der Waals surface area (Å²) in [5.41, 5.74) is 0. The topological polar surface area (TPSA) is 78.9 Å². The second kappa shape index (κ2) is 52.0. The van der Waals surface area contributed by atoms with E-state index in [1.807, 2.05) is 0 Å². The van der Waals surface area contributed by atoms with Crippen LogP contribution in [-0.2, 0) is 28.6 Å². The van der Waals surface area contributed by atoms with Crippen LogP contribution in [-0.4, -0.2) is 37.2 Å². The van der Waals surface area contributed by atoms with Gasteiger partial charge in [-0.2, -0.15) is 0 Å². The third-order valence-electron chi connectivity index (χ3n) is 12.9. The Morgan fingerprint density at radius 1 is 0.258 bits per heavy atom. The summed E-state index contributed by atoms with van der Waals surface area (Å²) in [6.07, 6.45) is 56.6. The van der Waals surface area contributed by atoms with Crippen LogP contribution in [0.3, 0.4) is 0 Å². The highest BCUT2D eigenvalue weighted by atomic mass is 16.6. The van der Waals surface area contributed by atoms with Crippen LogP contribution in [0, 0.1) is 0 Å². The molecular formula is C56H108O6. The van der Waals surface area contributed by atoms with Gasteiger partial charge in [-0.3, -0.25) is 14.4 Å².